The summed E-state index contributed by atoms with van der Waals surface area (Å²) in [5.74, 6) is 0.865. The highest BCUT2D eigenvalue weighted by Crippen LogP contribution is 2.20. The average Bonchev–Trinajstić information content (AvgIpc) is 3.11. The van der Waals surface area contributed by atoms with Gasteiger partial charge < -0.3 is 14.8 Å². The fraction of sp³-hybridized carbons (Fsp3) is 0.400. The Morgan fingerprint density at radius 1 is 1.10 bits per heavy atom. The average molecular weight is 419 g/mol. The molecule has 1 fully saturated rings. The van der Waals surface area contributed by atoms with E-state index >= 15 is 0 Å². The number of benzene rings is 2. The van der Waals surface area contributed by atoms with Crippen LogP contribution in [0.15, 0.2) is 48.5 Å². The normalized spacial score (nSPS) is 16.5. The number of imidazole rings is 1. The van der Waals surface area contributed by atoms with Gasteiger partial charge in [-0.1, -0.05) is 29.8 Å². The van der Waals surface area contributed by atoms with Crippen molar-refractivity contribution in [2.24, 2.45) is 0 Å². The number of aromatic nitrogens is 2. The monoisotopic (exact) mass is 418 g/mol. The van der Waals surface area contributed by atoms with Gasteiger partial charge in [-0.25, -0.2) is 4.98 Å². The minimum atomic E-state index is -0.0964. The maximum Gasteiger partial charge on any atom is 0.251 e. The molecule has 0 saturated carbocycles. The van der Waals surface area contributed by atoms with Crippen LogP contribution < -0.4 is 5.32 Å². The van der Waals surface area contributed by atoms with E-state index in [4.69, 9.17) is 4.98 Å². The first-order chi connectivity index (χ1) is 15.0. The smallest absolute Gasteiger partial charge is 0.251 e. The van der Waals surface area contributed by atoms with Gasteiger partial charge >= 0.3 is 0 Å². The first kappa shape index (κ1) is 21.1. The van der Waals surface area contributed by atoms with E-state index in [0.717, 1.165) is 41.8 Å². The molecule has 6 heteroatoms. The number of likely N-dealkylation sites (tertiary alicyclic amines) is 1. The lowest BCUT2D eigenvalue weighted by atomic mass is 10.0. The molecule has 3 aromatic rings. The van der Waals surface area contributed by atoms with Crippen LogP contribution >= 0.6 is 0 Å². The number of nitrogens with one attached hydrogen (secondary N) is 1. The van der Waals surface area contributed by atoms with Crippen LogP contribution in [0.3, 0.4) is 0 Å². The number of hydrogen-bond acceptors (Lipinski definition) is 3. The van der Waals surface area contributed by atoms with Gasteiger partial charge in [0, 0.05) is 31.1 Å². The van der Waals surface area contributed by atoms with Gasteiger partial charge in [0.05, 0.1) is 11.0 Å². The first-order valence-corrected chi connectivity index (χ1v) is 11.1. The number of aryl methyl sites for hydroxylation is 1. The van der Waals surface area contributed by atoms with Crippen molar-refractivity contribution in [3.63, 3.8) is 0 Å². The van der Waals surface area contributed by atoms with Crippen LogP contribution in [0.5, 0.6) is 0 Å². The predicted octanol–water partition coefficient (Wildman–Crippen LogP) is 3.72. The summed E-state index contributed by atoms with van der Waals surface area (Å²) in [6, 6.07) is 15.7. The van der Waals surface area contributed by atoms with Crippen molar-refractivity contribution in [3.8, 4) is 0 Å². The highest BCUT2D eigenvalue weighted by atomic mass is 16.2. The van der Waals surface area contributed by atoms with Gasteiger partial charge in [-0.15, -0.1) is 0 Å². The summed E-state index contributed by atoms with van der Waals surface area (Å²) < 4.78 is 2.01. The zero-order valence-electron chi connectivity index (χ0n) is 18.3. The molecule has 162 valence electrons. The number of fused-ring (bicyclic) bond motifs is 1. The number of carbonyl (C=O) groups excluding carboxylic acids is 2. The third kappa shape index (κ3) is 4.79. The van der Waals surface area contributed by atoms with Crippen molar-refractivity contribution >= 4 is 22.8 Å². The van der Waals surface area contributed by atoms with Crippen molar-refractivity contribution in [2.75, 3.05) is 13.1 Å². The minimum Gasteiger partial charge on any atom is -0.352 e. The van der Waals surface area contributed by atoms with Crippen LogP contribution in [0, 0.1) is 6.92 Å². The molecule has 2 amide bonds. The molecule has 31 heavy (non-hydrogen) atoms. The fourth-order valence-corrected chi connectivity index (χ4v) is 4.28. The number of hydrogen-bond donors (Lipinski definition) is 1. The van der Waals surface area contributed by atoms with Crippen molar-refractivity contribution in [1.29, 1.82) is 0 Å². The summed E-state index contributed by atoms with van der Waals surface area (Å²) in [6.45, 7) is 5.70. The molecule has 4 rings (SSSR count). The zero-order chi connectivity index (χ0) is 21.8. The van der Waals surface area contributed by atoms with E-state index in [0.29, 0.717) is 18.5 Å². The Bertz CT molecular complexity index is 1070. The lowest BCUT2D eigenvalue weighted by Gasteiger charge is -2.33. The molecule has 0 bridgehead atoms. The van der Waals surface area contributed by atoms with Gasteiger partial charge in [0.15, 0.2) is 0 Å². The van der Waals surface area contributed by atoms with E-state index < -0.39 is 0 Å². The molecule has 1 saturated heterocycles. The molecule has 6 nitrogen and oxygen atoms in total. The molecule has 0 radical (unpaired) electrons. The molecule has 1 aliphatic heterocycles. The van der Waals surface area contributed by atoms with Crippen molar-refractivity contribution < 1.29 is 9.59 Å². The summed E-state index contributed by atoms with van der Waals surface area (Å²) in [7, 11) is 0. The highest BCUT2D eigenvalue weighted by molar-refractivity contribution is 5.94. The Morgan fingerprint density at radius 3 is 2.65 bits per heavy atom. The van der Waals surface area contributed by atoms with E-state index in [2.05, 4.69) is 12.2 Å². The van der Waals surface area contributed by atoms with Crippen LogP contribution in [0.4, 0.5) is 0 Å². The topological polar surface area (TPSA) is 67.2 Å². The molecule has 2 heterocycles. The van der Waals surface area contributed by atoms with Gasteiger partial charge in [0.2, 0.25) is 5.91 Å². The van der Waals surface area contributed by atoms with Gasteiger partial charge in [0.1, 0.15) is 12.4 Å². The third-order valence-electron chi connectivity index (χ3n) is 6.10. The number of amides is 2. The van der Waals surface area contributed by atoms with E-state index in [-0.39, 0.29) is 24.4 Å². The van der Waals surface area contributed by atoms with E-state index in [9.17, 15) is 9.59 Å². The second kappa shape index (κ2) is 9.33. The fourth-order valence-electron chi connectivity index (χ4n) is 4.28. The van der Waals surface area contributed by atoms with Crippen LogP contribution in [-0.4, -0.2) is 45.4 Å². The Balaban J connectivity index is 1.47. The molecule has 0 spiro atoms. The summed E-state index contributed by atoms with van der Waals surface area (Å²) in [4.78, 5) is 32.3. The molecule has 1 N–H and O–H groups in total. The Hall–Kier alpha value is -3.15. The zero-order valence-corrected chi connectivity index (χ0v) is 18.3. The molecule has 1 unspecified atom stereocenters. The van der Waals surface area contributed by atoms with Crippen LogP contribution in [-0.2, 0) is 17.8 Å². The molecule has 0 aliphatic carbocycles. The van der Waals surface area contributed by atoms with Gasteiger partial charge in [-0.2, -0.15) is 0 Å². The van der Waals surface area contributed by atoms with Gasteiger partial charge in [0.25, 0.3) is 5.91 Å². The molecule has 1 atom stereocenters. The van der Waals surface area contributed by atoms with Gasteiger partial charge in [-0.3, -0.25) is 9.59 Å². The maximum absolute atomic E-state index is 13.1. The third-order valence-corrected chi connectivity index (χ3v) is 6.10. The quantitative estimate of drug-likeness (QED) is 0.663. The maximum atomic E-state index is 13.1. The Morgan fingerprint density at radius 2 is 1.87 bits per heavy atom. The van der Waals surface area contributed by atoms with Crippen molar-refractivity contribution in [3.05, 3.63) is 65.5 Å². The van der Waals surface area contributed by atoms with Crippen LogP contribution in [0.1, 0.15) is 47.9 Å². The van der Waals surface area contributed by atoms with E-state index in [1.165, 1.54) is 6.42 Å². The number of piperidine rings is 1. The van der Waals surface area contributed by atoms with E-state index in [1.54, 1.807) is 0 Å². The Kier molecular flexibility index (Phi) is 6.35. The second-order valence-corrected chi connectivity index (χ2v) is 8.41. The summed E-state index contributed by atoms with van der Waals surface area (Å²) in [6.07, 6.45) is 3.88. The number of rotatable bonds is 6. The molecular formula is C25H30N4O2. The first-order valence-electron chi connectivity index (χ1n) is 11.1. The molecule has 1 aliphatic rings. The largest absolute Gasteiger partial charge is 0.352 e. The molecule has 1 aromatic heterocycles. The second-order valence-electron chi connectivity index (χ2n) is 8.41. The highest BCUT2D eigenvalue weighted by Gasteiger charge is 2.24. The summed E-state index contributed by atoms with van der Waals surface area (Å²) in [5, 5.41) is 2.97. The summed E-state index contributed by atoms with van der Waals surface area (Å²) in [5.41, 5.74) is 3.61. The van der Waals surface area contributed by atoms with Crippen molar-refractivity contribution in [2.45, 2.75) is 52.1 Å². The van der Waals surface area contributed by atoms with Crippen molar-refractivity contribution in [1.82, 2.24) is 19.8 Å². The van der Waals surface area contributed by atoms with Crippen LogP contribution in [0.2, 0.25) is 0 Å². The lowest BCUT2D eigenvalue weighted by molar-refractivity contribution is -0.135. The van der Waals surface area contributed by atoms with Crippen LogP contribution in [0.25, 0.3) is 11.0 Å². The standard InChI is InChI=1S/C25H30N4O2/c1-18-10-12-20(13-11-18)25(31)26-15-14-23-27-21-8-3-4-9-22(21)29(23)17-24(30)28-16-6-5-7-19(28)2/h3-4,8-13,19H,5-7,14-17H2,1-2H3,(H,26,31). The predicted molar refractivity (Wildman–Crippen MR) is 122 cm³/mol. The number of para-hydroxylation sites is 2. The summed E-state index contributed by atoms with van der Waals surface area (Å²) >= 11 is 0. The Labute approximate surface area is 183 Å². The van der Waals surface area contributed by atoms with E-state index in [1.807, 2.05) is 64.9 Å². The minimum absolute atomic E-state index is 0.0964. The lowest BCUT2D eigenvalue weighted by Crippen LogP contribution is -2.43. The van der Waals surface area contributed by atoms with Gasteiger partial charge in [-0.05, 0) is 57.4 Å². The number of nitrogens with zero attached hydrogens (tertiary/aromatic N) is 3. The molecule has 2 aromatic carbocycles. The number of carbonyl (C=O) groups is 2. The molecular weight excluding hydrogens is 388 g/mol. The SMILES string of the molecule is Cc1ccc(C(=O)NCCc2nc3ccccc3n2CC(=O)N2CCCCC2C)cc1.